The van der Waals surface area contributed by atoms with E-state index in [-0.39, 0.29) is 5.82 Å². The van der Waals surface area contributed by atoms with Crippen molar-refractivity contribution in [1.29, 1.82) is 0 Å². The third-order valence-electron chi connectivity index (χ3n) is 1.87. The van der Waals surface area contributed by atoms with Gasteiger partial charge in [0.1, 0.15) is 10.8 Å². The zero-order valence-corrected chi connectivity index (χ0v) is 10.6. The topological polar surface area (TPSA) is 38.9 Å². The van der Waals surface area contributed by atoms with E-state index in [1.807, 2.05) is 0 Å². The lowest BCUT2D eigenvalue weighted by Crippen LogP contribution is -1.91. The van der Waals surface area contributed by atoms with Gasteiger partial charge >= 0.3 is 0 Å². The highest BCUT2D eigenvalue weighted by molar-refractivity contribution is 9.10. The molecule has 2 nitrogen and oxygen atoms in total. The number of rotatable bonds is 2. The van der Waals surface area contributed by atoms with Gasteiger partial charge in [-0.2, -0.15) is 0 Å². The fourth-order valence-electron chi connectivity index (χ4n) is 1.14. The highest BCUT2D eigenvalue weighted by Crippen LogP contribution is 2.31. The quantitative estimate of drug-likeness (QED) is 0.918. The average molecular weight is 299 g/mol. The largest absolute Gasteiger partial charge is 0.397 e. The Labute approximate surface area is 105 Å². The van der Waals surface area contributed by atoms with Gasteiger partial charge in [-0.3, -0.25) is 0 Å². The first-order chi connectivity index (χ1) is 7.65. The van der Waals surface area contributed by atoms with Gasteiger partial charge in [-0.05, 0) is 46.3 Å². The molecule has 2 rings (SSSR count). The molecule has 0 aliphatic rings. The highest BCUT2D eigenvalue weighted by Gasteiger charge is 2.04. The number of anilines is 1. The van der Waals surface area contributed by atoms with Crippen LogP contribution in [0.4, 0.5) is 10.1 Å². The summed E-state index contributed by atoms with van der Waals surface area (Å²) in [5.74, 6) is -0.249. The molecular formula is C11H8BrFN2S. The molecule has 0 bridgehead atoms. The Morgan fingerprint density at radius 2 is 1.94 bits per heavy atom. The molecule has 0 spiro atoms. The summed E-state index contributed by atoms with van der Waals surface area (Å²) in [6, 6.07) is 8.01. The number of aromatic nitrogens is 1. The molecule has 0 saturated carbocycles. The second-order valence-electron chi connectivity index (χ2n) is 3.10. The summed E-state index contributed by atoms with van der Waals surface area (Å²) < 4.78 is 13.5. The average Bonchev–Trinajstić information content (AvgIpc) is 2.25. The lowest BCUT2D eigenvalue weighted by atomic mass is 10.4. The molecule has 2 aromatic rings. The standard InChI is InChI=1S/C11H8BrFN2S/c12-7-5-10(14)11(15-6-7)16-9-3-1-8(13)2-4-9/h1-6H,14H2. The van der Waals surface area contributed by atoms with Crippen LogP contribution >= 0.6 is 27.7 Å². The molecule has 0 saturated heterocycles. The normalized spacial score (nSPS) is 10.4. The van der Waals surface area contributed by atoms with Gasteiger partial charge in [0.2, 0.25) is 0 Å². The number of hydrogen-bond donors (Lipinski definition) is 1. The summed E-state index contributed by atoms with van der Waals surface area (Å²) in [6.07, 6.45) is 1.68. The molecule has 2 N–H and O–H groups in total. The first-order valence-electron chi connectivity index (χ1n) is 4.49. The molecule has 1 aromatic heterocycles. The van der Waals surface area contributed by atoms with Crippen molar-refractivity contribution < 1.29 is 4.39 Å². The second-order valence-corrected chi connectivity index (χ2v) is 5.08. The fraction of sp³-hybridized carbons (Fsp3) is 0. The number of nitrogen functional groups attached to an aromatic ring is 1. The van der Waals surface area contributed by atoms with Crippen LogP contribution in [0.1, 0.15) is 0 Å². The van der Waals surface area contributed by atoms with Gasteiger partial charge < -0.3 is 5.73 Å². The molecule has 0 atom stereocenters. The van der Waals surface area contributed by atoms with Gasteiger partial charge in [0.15, 0.2) is 0 Å². The molecule has 0 aliphatic heterocycles. The smallest absolute Gasteiger partial charge is 0.124 e. The van der Waals surface area contributed by atoms with Crippen molar-refractivity contribution in [3.8, 4) is 0 Å². The maximum Gasteiger partial charge on any atom is 0.124 e. The predicted octanol–water partition coefficient (Wildman–Crippen LogP) is 3.72. The molecule has 0 aliphatic carbocycles. The Bertz CT molecular complexity index is 502. The zero-order chi connectivity index (χ0) is 11.5. The number of nitrogens with zero attached hydrogens (tertiary/aromatic N) is 1. The van der Waals surface area contributed by atoms with E-state index >= 15 is 0 Å². The Morgan fingerprint density at radius 3 is 2.56 bits per heavy atom. The molecule has 1 heterocycles. The summed E-state index contributed by atoms with van der Waals surface area (Å²) in [4.78, 5) is 5.10. The van der Waals surface area contributed by atoms with Crippen LogP contribution in [-0.2, 0) is 0 Å². The van der Waals surface area contributed by atoms with Crippen LogP contribution in [0.5, 0.6) is 0 Å². The van der Waals surface area contributed by atoms with E-state index in [0.29, 0.717) is 5.69 Å². The Kier molecular flexibility index (Phi) is 3.46. The molecule has 16 heavy (non-hydrogen) atoms. The minimum atomic E-state index is -0.249. The van der Waals surface area contributed by atoms with Crippen LogP contribution < -0.4 is 5.73 Å². The minimum Gasteiger partial charge on any atom is -0.397 e. The number of pyridine rings is 1. The van der Waals surface area contributed by atoms with Crippen LogP contribution in [0.3, 0.4) is 0 Å². The molecule has 82 valence electrons. The molecule has 0 fully saturated rings. The first-order valence-corrected chi connectivity index (χ1v) is 6.10. The third-order valence-corrected chi connectivity index (χ3v) is 3.35. The van der Waals surface area contributed by atoms with E-state index in [0.717, 1.165) is 14.4 Å². The van der Waals surface area contributed by atoms with E-state index in [4.69, 9.17) is 5.73 Å². The fourth-order valence-corrected chi connectivity index (χ4v) is 2.27. The van der Waals surface area contributed by atoms with Gasteiger partial charge in [0.25, 0.3) is 0 Å². The first kappa shape index (κ1) is 11.4. The van der Waals surface area contributed by atoms with Crippen molar-refractivity contribution in [2.24, 2.45) is 0 Å². The Balaban J connectivity index is 2.23. The molecule has 0 radical (unpaired) electrons. The maximum absolute atomic E-state index is 12.7. The summed E-state index contributed by atoms with van der Waals surface area (Å²) in [7, 11) is 0. The van der Waals surface area contributed by atoms with Crippen LogP contribution in [-0.4, -0.2) is 4.98 Å². The van der Waals surface area contributed by atoms with Crippen LogP contribution in [0.25, 0.3) is 0 Å². The van der Waals surface area contributed by atoms with Crippen molar-refractivity contribution in [3.05, 3.63) is 46.8 Å². The second kappa shape index (κ2) is 4.84. The van der Waals surface area contributed by atoms with Crippen molar-refractivity contribution in [2.75, 3.05) is 5.73 Å². The van der Waals surface area contributed by atoms with E-state index < -0.39 is 0 Å². The van der Waals surface area contributed by atoms with Crippen molar-refractivity contribution >= 4 is 33.4 Å². The molecule has 5 heteroatoms. The summed E-state index contributed by atoms with van der Waals surface area (Å²) in [5.41, 5.74) is 6.41. The van der Waals surface area contributed by atoms with Gasteiger partial charge in [-0.15, -0.1) is 0 Å². The SMILES string of the molecule is Nc1cc(Br)cnc1Sc1ccc(F)cc1. The summed E-state index contributed by atoms with van der Waals surface area (Å²) in [6.45, 7) is 0. The van der Waals surface area contributed by atoms with Gasteiger partial charge in [0.05, 0.1) is 5.69 Å². The number of halogens is 2. The van der Waals surface area contributed by atoms with Crippen LogP contribution in [0.2, 0.25) is 0 Å². The molecular weight excluding hydrogens is 291 g/mol. The lowest BCUT2D eigenvalue weighted by Gasteiger charge is -2.04. The van der Waals surface area contributed by atoms with Gasteiger partial charge in [-0.1, -0.05) is 11.8 Å². The molecule has 0 amide bonds. The van der Waals surface area contributed by atoms with E-state index in [2.05, 4.69) is 20.9 Å². The number of hydrogen-bond acceptors (Lipinski definition) is 3. The van der Waals surface area contributed by atoms with Crippen LogP contribution in [0, 0.1) is 5.82 Å². The summed E-state index contributed by atoms with van der Waals surface area (Å²) in [5, 5.41) is 0.717. The molecule has 1 aromatic carbocycles. The van der Waals surface area contributed by atoms with Gasteiger partial charge in [-0.25, -0.2) is 9.37 Å². The third kappa shape index (κ3) is 2.74. The lowest BCUT2D eigenvalue weighted by molar-refractivity contribution is 0.626. The van der Waals surface area contributed by atoms with Crippen molar-refractivity contribution in [3.63, 3.8) is 0 Å². The monoisotopic (exact) mass is 298 g/mol. The number of nitrogens with two attached hydrogens (primary N) is 1. The predicted molar refractivity (Wildman–Crippen MR) is 66.9 cm³/mol. The van der Waals surface area contributed by atoms with E-state index in [9.17, 15) is 4.39 Å². The van der Waals surface area contributed by atoms with Crippen molar-refractivity contribution in [2.45, 2.75) is 9.92 Å². The molecule has 0 unspecified atom stereocenters. The number of benzene rings is 1. The van der Waals surface area contributed by atoms with E-state index in [1.54, 1.807) is 24.4 Å². The van der Waals surface area contributed by atoms with Crippen LogP contribution in [0.15, 0.2) is 50.9 Å². The maximum atomic E-state index is 12.7. The minimum absolute atomic E-state index is 0.249. The van der Waals surface area contributed by atoms with Gasteiger partial charge in [0, 0.05) is 15.6 Å². The van der Waals surface area contributed by atoms with Crippen molar-refractivity contribution in [1.82, 2.24) is 4.98 Å². The Morgan fingerprint density at radius 1 is 1.25 bits per heavy atom. The summed E-state index contributed by atoms with van der Waals surface area (Å²) >= 11 is 4.70. The zero-order valence-electron chi connectivity index (χ0n) is 8.15. The Hall–Kier alpha value is -1.07. The highest BCUT2D eigenvalue weighted by atomic mass is 79.9. The van der Waals surface area contributed by atoms with E-state index in [1.165, 1.54) is 23.9 Å².